The second kappa shape index (κ2) is 7.46. The Hall–Kier alpha value is -1.40. The van der Waals surface area contributed by atoms with Crippen LogP contribution in [-0.2, 0) is 4.74 Å². The van der Waals surface area contributed by atoms with Crippen LogP contribution in [0.2, 0.25) is 0 Å². The average molecular weight is 345 g/mol. The fraction of sp³-hybridized carbons (Fsp3) is 0.789. The second-order valence-corrected chi connectivity index (χ2v) is 8.03. The molecule has 1 aromatic rings. The molecule has 0 spiro atoms. The average Bonchev–Trinajstić information content (AvgIpc) is 3.32. The predicted molar refractivity (Wildman–Crippen MR) is 100 cm³/mol. The van der Waals surface area contributed by atoms with Crippen LogP contribution in [0.25, 0.3) is 0 Å². The number of piperidine rings is 1. The summed E-state index contributed by atoms with van der Waals surface area (Å²) in [4.78, 5) is 16.3. The molecule has 4 rings (SSSR count). The molecule has 3 heterocycles. The number of hydrogen-bond donors (Lipinski definition) is 0. The summed E-state index contributed by atoms with van der Waals surface area (Å²) >= 11 is 0. The van der Waals surface area contributed by atoms with Crippen molar-refractivity contribution in [3.63, 3.8) is 0 Å². The summed E-state index contributed by atoms with van der Waals surface area (Å²) in [6.07, 6.45) is 8.05. The molecule has 6 heteroatoms. The molecule has 3 fully saturated rings. The molecule has 2 saturated heterocycles. The molecule has 0 bridgehead atoms. The lowest BCUT2D eigenvalue weighted by Crippen LogP contribution is -2.47. The molecule has 1 atom stereocenters. The maximum Gasteiger partial charge on any atom is 0.134 e. The van der Waals surface area contributed by atoms with E-state index in [1.807, 2.05) is 14.1 Å². The highest BCUT2D eigenvalue weighted by molar-refractivity contribution is 5.51. The quantitative estimate of drug-likeness (QED) is 0.786. The van der Waals surface area contributed by atoms with Crippen molar-refractivity contribution in [2.75, 3.05) is 56.7 Å². The van der Waals surface area contributed by atoms with Gasteiger partial charge in [-0.05, 0) is 38.0 Å². The molecular formula is C19H31N5O. The van der Waals surface area contributed by atoms with Gasteiger partial charge in [0.1, 0.15) is 18.0 Å². The summed E-state index contributed by atoms with van der Waals surface area (Å²) in [5.41, 5.74) is 0. The topological polar surface area (TPSA) is 44.7 Å². The molecule has 6 nitrogen and oxygen atoms in total. The first-order valence-electron chi connectivity index (χ1n) is 9.78. The van der Waals surface area contributed by atoms with Crippen molar-refractivity contribution < 1.29 is 4.74 Å². The Bertz CT molecular complexity index is 563. The zero-order valence-electron chi connectivity index (χ0n) is 15.6. The van der Waals surface area contributed by atoms with Gasteiger partial charge in [0.25, 0.3) is 0 Å². The van der Waals surface area contributed by atoms with Gasteiger partial charge in [0, 0.05) is 58.5 Å². The van der Waals surface area contributed by atoms with E-state index >= 15 is 0 Å². The summed E-state index contributed by atoms with van der Waals surface area (Å²) < 4.78 is 5.53. The summed E-state index contributed by atoms with van der Waals surface area (Å²) in [5.74, 6) is 2.86. The van der Waals surface area contributed by atoms with E-state index in [0.717, 1.165) is 30.8 Å². The van der Waals surface area contributed by atoms with Gasteiger partial charge in [-0.25, -0.2) is 9.97 Å². The zero-order valence-corrected chi connectivity index (χ0v) is 15.6. The maximum atomic E-state index is 5.53. The first kappa shape index (κ1) is 17.0. The number of nitrogens with zero attached hydrogens (tertiary/aromatic N) is 5. The minimum Gasteiger partial charge on any atom is -0.381 e. The minimum absolute atomic E-state index is 0.619. The maximum absolute atomic E-state index is 5.53. The van der Waals surface area contributed by atoms with E-state index in [-0.39, 0.29) is 0 Å². The lowest BCUT2D eigenvalue weighted by Gasteiger charge is -2.40. The standard InChI is InChI=1S/C19H31N5O/c1-22(2)18-11-19(21-14-20-18)24(16-3-4-16)17-5-8-23(9-6-17)12-15-7-10-25-13-15/h11,14-17H,3-10,12-13H2,1-2H3. The molecule has 2 aliphatic heterocycles. The number of anilines is 2. The molecule has 1 unspecified atom stereocenters. The fourth-order valence-electron chi connectivity index (χ4n) is 4.22. The van der Waals surface area contributed by atoms with Gasteiger partial charge in [-0.3, -0.25) is 0 Å². The first-order valence-corrected chi connectivity index (χ1v) is 9.78. The Morgan fingerprint density at radius 2 is 1.76 bits per heavy atom. The number of rotatable bonds is 6. The van der Waals surface area contributed by atoms with Crippen LogP contribution in [0, 0.1) is 5.92 Å². The van der Waals surface area contributed by atoms with Crippen molar-refractivity contribution in [3.8, 4) is 0 Å². The van der Waals surface area contributed by atoms with Gasteiger partial charge in [-0.15, -0.1) is 0 Å². The molecule has 138 valence electrons. The summed E-state index contributed by atoms with van der Waals surface area (Å²) in [6.45, 7) is 5.54. The van der Waals surface area contributed by atoms with Crippen LogP contribution in [0.4, 0.5) is 11.6 Å². The number of ether oxygens (including phenoxy) is 1. The van der Waals surface area contributed by atoms with Gasteiger partial charge < -0.3 is 19.4 Å². The van der Waals surface area contributed by atoms with Gasteiger partial charge in [0.2, 0.25) is 0 Å². The van der Waals surface area contributed by atoms with E-state index < -0.39 is 0 Å². The molecule has 0 aromatic carbocycles. The van der Waals surface area contributed by atoms with E-state index in [9.17, 15) is 0 Å². The van der Waals surface area contributed by atoms with E-state index in [1.165, 1.54) is 51.7 Å². The molecule has 0 N–H and O–H groups in total. The van der Waals surface area contributed by atoms with Crippen LogP contribution in [0.1, 0.15) is 32.1 Å². The van der Waals surface area contributed by atoms with Crippen molar-refractivity contribution in [2.45, 2.75) is 44.2 Å². The van der Waals surface area contributed by atoms with Crippen LogP contribution in [-0.4, -0.2) is 73.9 Å². The third-order valence-corrected chi connectivity index (χ3v) is 5.79. The SMILES string of the molecule is CN(C)c1cc(N(C2CC2)C2CCN(CC3CCOC3)CC2)ncn1. The van der Waals surface area contributed by atoms with Crippen LogP contribution in [0.5, 0.6) is 0 Å². The molecule has 0 radical (unpaired) electrons. The number of likely N-dealkylation sites (tertiary alicyclic amines) is 1. The van der Waals surface area contributed by atoms with Crippen molar-refractivity contribution >= 4 is 11.6 Å². The van der Waals surface area contributed by atoms with Crippen molar-refractivity contribution in [2.24, 2.45) is 5.92 Å². The van der Waals surface area contributed by atoms with Crippen LogP contribution in [0.15, 0.2) is 12.4 Å². The third-order valence-electron chi connectivity index (χ3n) is 5.79. The van der Waals surface area contributed by atoms with Crippen LogP contribution in [0.3, 0.4) is 0 Å². The number of aromatic nitrogens is 2. The van der Waals surface area contributed by atoms with Gasteiger partial charge in [0.15, 0.2) is 0 Å². The van der Waals surface area contributed by atoms with Gasteiger partial charge in [-0.2, -0.15) is 0 Å². The fourth-order valence-corrected chi connectivity index (χ4v) is 4.22. The molecule has 1 aliphatic carbocycles. The molecule has 0 amide bonds. The minimum atomic E-state index is 0.619. The van der Waals surface area contributed by atoms with Crippen molar-refractivity contribution in [1.29, 1.82) is 0 Å². The lowest BCUT2D eigenvalue weighted by molar-refractivity contribution is 0.151. The van der Waals surface area contributed by atoms with E-state index in [2.05, 4.69) is 30.7 Å². The Balaban J connectivity index is 1.39. The highest BCUT2D eigenvalue weighted by Gasteiger charge is 2.37. The summed E-state index contributed by atoms with van der Waals surface area (Å²) in [6, 6.07) is 3.46. The molecule has 1 saturated carbocycles. The first-order chi connectivity index (χ1) is 12.2. The largest absolute Gasteiger partial charge is 0.381 e. The van der Waals surface area contributed by atoms with Gasteiger partial charge in [0.05, 0.1) is 6.61 Å². The Kier molecular flexibility index (Phi) is 5.08. The molecule has 25 heavy (non-hydrogen) atoms. The highest BCUT2D eigenvalue weighted by Crippen LogP contribution is 2.36. The normalized spacial score (nSPS) is 25.3. The molecular weight excluding hydrogens is 314 g/mol. The predicted octanol–water partition coefficient (Wildman–Crippen LogP) is 2.01. The molecule has 1 aromatic heterocycles. The smallest absolute Gasteiger partial charge is 0.134 e. The van der Waals surface area contributed by atoms with Crippen LogP contribution >= 0.6 is 0 Å². The highest BCUT2D eigenvalue weighted by atomic mass is 16.5. The lowest BCUT2D eigenvalue weighted by atomic mass is 10.0. The van der Waals surface area contributed by atoms with E-state index in [0.29, 0.717) is 12.1 Å². The Morgan fingerprint density at radius 1 is 1.04 bits per heavy atom. The second-order valence-electron chi connectivity index (χ2n) is 8.03. The van der Waals surface area contributed by atoms with E-state index in [1.54, 1.807) is 6.33 Å². The van der Waals surface area contributed by atoms with Gasteiger partial charge in [-0.1, -0.05) is 0 Å². The van der Waals surface area contributed by atoms with Gasteiger partial charge >= 0.3 is 0 Å². The Labute approximate surface area is 151 Å². The summed E-state index contributed by atoms with van der Waals surface area (Å²) in [7, 11) is 4.08. The Morgan fingerprint density at radius 3 is 2.40 bits per heavy atom. The van der Waals surface area contributed by atoms with Crippen LogP contribution < -0.4 is 9.80 Å². The number of hydrogen-bond acceptors (Lipinski definition) is 6. The van der Waals surface area contributed by atoms with E-state index in [4.69, 9.17) is 4.74 Å². The monoisotopic (exact) mass is 345 g/mol. The summed E-state index contributed by atoms with van der Waals surface area (Å²) in [5, 5.41) is 0. The third kappa shape index (κ3) is 4.06. The molecule has 3 aliphatic rings. The zero-order chi connectivity index (χ0) is 17.2. The van der Waals surface area contributed by atoms with Crippen molar-refractivity contribution in [1.82, 2.24) is 14.9 Å². The van der Waals surface area contributed by atoms with Crippen molar-refractivity contribution in [3.05, 3.63) is 12.4 Å².